The van der Waals surface area contributed by atoms with Crippen LogP contribution in [0.2, 0.25) is 0 Å². The van der Waals surface area contributed by atoms with Gasteiger partial charge in [-0.1, -0.05) is 6.08 Å². The number of hydrogen-bond donors (Lipinski definition) is 0. The number of unbranched alkanes of at least 4 members (excludes halogenated alkanes) is 1. The molecule has 1 fully saturated rings. The summed E-state index contributed by atoms with van der Waals surface area (Å²) in [6, 6.07) is 0. The fourth-order valence-electron chi connectivity index (χ4n) is 1.90. The van der Waals surface area contributed by atoms with Gasteiger partial charge >= 0.3 is 0 Å². The average Bonchev–Trinajstić information content (AvgIpc) is 2.83. The second-order valence-corrected chi connectivity index (χ2v) is 4.65. The Morgan fingerprint density at radius 3 is 2.42 bits per heavy atom. The molecule has 1 aliphatic carbocycles. The lowest BCUT2D eigenvalue weighted by Gasteiger charge is -2.13. The standard InChI is InChI=1S/C11H21P/c1-2-3-4-6-11(8-9-11)7-5-10-12/h2H,1,3-10,12H2. The molecule has 1 rings (SSSR count). The van der Waals surface area contributed by atoms with E-state index >= 15 is 0 Å². The monoisotopic (exact) mass is 184 g/mol. The maximum absolute atomic E-state index is 3.76. The summed E-state index contributed by atoms with van der Waals surface area (Å²) in [5.41, 5.74) is 0.791. The summed E-state index contributed by atoms with van der Waals surface area (Å²) in [5.74, 6) is 0. The number of hydrogen-bond acceptors (Lipinski definition) is 0. The van der Waals surface area contributed by atoms with Crippen LogP contribution in [0.25, 0.3) is 0 Å². The predicted octanol–water partition coefficient (Wildman–Crippen LogP) is 3.78. The van der Waals surface area contributed by atoms with E-state index in [4.69, 9.17) is 0 Å². The highest BCUT2D eigenvalue weighted by atomic mass is 31.0. The molecule has 1 heteroatoms. The molecule has 0 aromatic heterocycles. The molecule has 1 atom stereocenters. The first-order valence-electron chi connectivity index (χ1n) is 5.14. The Morgan fingerprint density at radius 1 is 1.25 bits per heavy atom. The van der Waals surface area contributed by atoms with Gasteiger partial charge in [-0.15, -0.1) is 15.8 Å². The van der Waals surface area contributed by atoms with Crippen molar-refractivity contribution in [2.24, 2.45) is 5.41 Å². The van der Waals surface area contributed by atoms with Crippen LogP contribution in [-0.2, 0) is 0 Å². The Bertz CT molecular complexity index is 136. The van der Waals surface area contributed by atoms with Gasteiger partial charge in [0.15, 0.2) is 0 Å². The Labute approximate surface area is 79.0 Å². The average molecular weight is 184 g/mol. The zero-order chi connectivity index (χ0) is 8.86. The van der Waals surface area contributed by atoms with Crippen LogP contribution in [-0.4, -0.2) is 6.16 Å². The molecule has 70 valence electrons. The summed E-state index contributed by atoms with van der Waals surface area (Å²) >= 11 is 0. The predicted molar refractivity (Wildman–Crippen MR) is 59.5 cm³/mol. The molecule has 0 saturated heterocycles. The van der Waals surface area contributed by atoms with Crippen LogP contribution in [0.4, 0.5) is 0 Å². The van der Waals surface area contributed by atoms with Crippen LogP contribution in [0.3, 0.4) is 0 Å². The fraction of sp³-hybridized carbons (Fsp3) is 0.818. The minimum atomic E-state index is 0.791. The summed E-state index contributed by atoms with van der Waals surface area (Å²) in [5, 5.41) is 0. The quantitative estimate of drug-likeness (QED) is 0.321. The van der Waals surface area contributed by atoms with Gasteiger partial charge in [0, 0.05) is 0 Å². The van der Waals surface area contributed by atoms with Gasteiger partial charge in [0.05, 0.1) is 0 Å². The van der Waals surface area contributed by atoms with Crippen molar-refractivity contribution in [2.75, 3.05) is 6.16 Å². The minimum absolute atomic E-state index is 0.791. The third-order valence-electron chi connectivity index (χ3n) is 2.98. The van der Waals surface area contributed by atoms with E-state index in [2.05, 4.69) is 15.8 Å². The van der Waals surface area contributed by atoms with Crippen LogP contribution in [0.15, 0.2) is 12.7 Å². The van der Waals surface area contributed by atoms with Gasteiger partial charge in [-0.05, 0) is 56.5 Å². The molecule has 0 spiro atoms. The van der Waals surface area contributed by atoms with Gasteiger partial charge < -0.3 is 0 Å². The normalized spacial score (nSPS) is 19.1. The molecule has 0 heterocycles. The highest BCUT2D eigenvalue weighted by Gasteiger charge is 2.40. The van der Waals surface area contributed by atoms with Crippen molar-refractivity contribution >= 4 is 9.24 Å². The van der Waals surface area contributed by atoms with E-state index in [1.54, 1.807) is 0 Å². The van der Waals surface area contributed by atoms with E-state index in [0.717, 1.165) is 5.41 Å². The Morgan fingerprint density at radius 2 is 1.92 bits per heavy atom. The molecule has 1 saturated carbocycles. The highest BCUT2D eigenvalue weighted by Crippen LogP contribution is 2.53. The molecule has 0 amide bonds. The van der Waals surface area contributed by atoms with Crippen molar-refractivity contribution < 1.29 is 0 Å². The lowest BCUT2D eigenvalue weighted by Crippen LogP contribution is -2.00. The Kier molecular flexibility index (Phi) is 4.29. The lowest BCUT2D eigenvalue weighted by atomic mass is 9.94. The first-order valence-corrected chi connectivity index (χ1v) is 5.96. The SMILES string of the molecule is C=CCCCC1(CCCP)CC1. The van der Waals surface area contributed by atoms with Crippen molar-refractivity contribution in [3.05, 3.63) is 12.7 Å². The largest absolute Gasteiger partial charge is 0.138 e. The van der Waals surface area contributed by atoms with Crippen molar-refractivity contribution in [1.29, 1.82) is 0 Å². The van der Waals surface area contributed by atoms with Gasteiger partial charge in [-0.25, -0.2) is 0 Å². The summed E-state index contributed by atoms with van der Waals surface area (Å²) in [4.78, 5) is 0. The second-order valence-electron chi connectivity index (χ2n) is 4.07. The molecular formula is C11H21P. The zero-order valence-electron chi connectivity index (χ0n) is 8.02. The van der Waals surface area contributed by atoms with Crippen LogP contribution in [0.1, 0.15) is 44.9 Å². The number of rotatable bonds is 7. The Balaban J connectivity index is 2.07. The fourth-order valence-corrected chi connectivity index (χ4v) is 2.10. The van der Waals surface area contributed by atoms with Gasteiger partial charge in [0.1, 0.15) is 0 Å². The lowest BCUT2D eigenvalue weighted by molar-refractivity contribution is 0.413. The third-order valence-corrected chi connectivity index (χ3v) is 3.39. The summed E-state index contributed by atoms with van der Waals surface area (Å²) in [6.07, 6.45) is 13.2. The molecule has 12 heavy (non-hydrogen) atoms. The maximum atomic E-state index is 3.76. The number of allylic oxidation sites excluding steroid dienone is 1. The smallest absolute Gasteiger partial charge is 0.0297 e. The van der Waals surface area contributed by atoms with E-state index in [9.17, 15) is 0 Å². The van der Waals surface area contributed by atoms with Crippen LogP contribution in [0, 0.1) is 5.41 Å². The van der Waals surface area contributed by atoms with E-state index in [1.165, 1.54) is 51.1 Å². The van der Waals surface area contributed by atoms with Crippen LogP contribution >= 0.6 is 9.24 Å². The van der Waals surface area contributed by atoms with Gasteiger partial charge in [-0.3, -0.25) is 0 Å². The van der Waals surface area contributed by atoms with Crippen molar-refractivity contribution in [2.45, 2.75) is 44.9 Å². The minimum Gasteiger partial charge on any atom is -0.138 e. The molecular weight excluding hydrogens is 163 g/mol. The maximum Gasteiger partial charge on any atom is -0.0297 e. The molecule has 1 aliphatic rings. The molecule has 1 unspecified atom stereocenters. The molecule has 0 nitrogen and oxygen atoms in total. The first-order chi connectivity index (χ1) is 5.83. The summed E-state index contributed by atoms with van der Waals surface area (Å²) in [6.45, 7) is 3.76. The third kappa shape index (κ3) is 3.27. The van der Waals surface area contributed by atoms with Crippen molar-refractivity contribution in [3.63, 3.8) is 0 Å². The molecule has 0 aromatic carbocycles. The molecule has 0 radical (unpaired) electrons. The molecule has 0 bridgehead atoms. The molecule has 0 aromatic rings. The van der Waals surface area contributed by atoms with Crippen molar-refractivity contribution in [1.82, 2.24) is 0 Å². The zero-order valence-corrected chi connectivity index (χ0v) is 9.17. The second kappa shape index (κ2) is 5.02. The van der Waals surface area contributed by atoms with Crippen molar-refractivity contribution in [3.8, 4) is 0 Å². The Hall–Kier alpha value is 0.170. The molecule has 0 N–H and O–H groups in total. The van der Waals surface area contributed by atoms with Gasteiger partial charge in [0.2, 0.25) is 0 Å². The van der Waals surface area contributed by atoms with E-state index < -0.39 is 0 Å². The van der Waals surface area contributed by atoms with Gasteiger partial charge in [-0.2, -0.15) is 0 Å². The topological polar surface area (TPSA) is 0 Å². The van der Waals surface area contributed by atoms with E-state index in [1.807, 2.05) is 6.08 Å². The van der Waals surface area contributed by atoms with Crippen LogP contribution in [0.5, 0.6) is 0 Å². The summed E-state index contributed by atoms with van der Waals surface area (Å²) in [7, 11) is 2.83. The summed E-state index contributed by atoms with van der Waals surface area (Å²) < 4.78 is 0. The van der Waals surface area contributed by atoms with E-state index in [0.29, 0.717) is 0 Å². The highest BCUT2D eigenvalue weighted by molar-refractivity contribution is 7.16. The van der Waals surface area contributed by atoms with Crippen LogP contribution < -0.4 is 0 Å². The molecule has 0 aliphatic heterocycles. The first kappa shape index (κ1) is 10.3. The van der Waals surface area contributed by atoms with Gasteiger partial charge in [0.25, 0.3) is 0 Å². The van der Waals surface area contributed by atoms with E-state index in [-0.39, 0.29) is 0 Å².